The van der Waals surface area contributed by atoms with Crippen molar-refractivity contribution in [2.45, 2.75) is 44.8 Å². The van der Waals surface area contributed by atoms with E-state index in [0.717, 1.165) is 29.8 Å². The molecule has 2 aromatic rings. The second-order valence-electron chi connectivity index (χ2n) is 5.93. The minimum absolute atomic E-state index is 0.217. The van der Waals surface area contributed by atoms with E-state index in [1.807, 2.05) is 19.2 Å². The van der Waals surface area contributed by atoms with Gasteiger partial charge < -0.3 is 10.4 Å². The normalized spacial score (nSPS) is 22.8. The van der Waals surface area contributed by atoms with Crippen molar-refractivity contribution in [3.8, 4) is 0 Å². The molecular formula is C17H22N2OS. The van der Waals surface area contributed by atoms with Crippen LogP contribution in [0, 0.1) is 6.92 Å². The van der Waals surface area contributed by atoms with E-state index >= 15 is 0 Å². The van der Waals surface area contributed by atoms with Gasteiger partial charge in [-0.3, -0.25) is 0 Å². The summed E-state index contributed by atoms with van der Waals surface area (Å²) in [6.45, 7) is 4.74. The number of nitrogens with one attached hydrogen (secondary N) is 1. The minimum atomic E-state index is -0.747. The molecule has 2 N–H and O–H groups in total. The average molecular weight is 302 g/mol. The lowest BCUT2D eigenvalue weighted by atomic mass is 9.79. The maximum absolute atomic E-state index is 11.0. The van der Waals surface area contributed by atoms with E-state index in [4.69, 9.17) is 0 Å². The summed E-state index contributed by atoms with van der Waals surface area (Å²) >= 11 is 1.71. The highest BCUT2D eigenvalue weighted by Crippen LogP contribution is 2.35. The van der Waals surface area contributed by atoms with E-state index in [1.54, 1.807) is 11.3 Å². The fraction of sp³-hybridized carbons (Fsp3) is 0.471. The molecule has 3 nitrogen and oxygen atoms in total. The van der Waals surface area contributed by atoms with Gasteiger partial charge in [0.1, 0.15) is 5.60 Å². The van der Waals surface area contributed by atoms with E-state index in [9.17, 15) is 5.11 Å². The molecule has 4 heteroatoms. The molecular weight excluding hydrogens is 280 g/mol. The lowest BCUT2D eigenvalue weighted by molar-refractivity contribution is 0.0171. The first-order chi connectivity index (χ1) is 10.1. The summed E-state index contributed by atoms with van der Waals surface area (Å²) in [6, 6.07) is 8.49. The van der Waals surface area contributed by atoms with Crippen LogP contribution in [0.3, 0.4) is 0 Å². The Balaban J connectivity index is 1.73. The quantitative estimate of drug-likeness (QED) is 0.910. The molecule has 0 amide bonds. The third kappa shape index (κ3) is 3.03. The molecule has 1 aliphatic carbocycles. The summed E-state index contributed by atoms with van der Waals surface area (Å²) in [5.74, 6) is 0. The summed E-state index contributed by atoms with van der Waals surface area (Å²) in [6.07, 6.45) is 4.87. The first-order valence-corrected chi connectivity index (χ1v) is 8.37. The van der Waals surface area contributed by atoms with Gasteiger partial charge in [-0.15, -0.1) is 11.3 Å². The van der Waals surface area contributed by atoms with E-state index in [2.05, 4.69) is 35.4 Å². The third-order valence-corrected chi connectivity index (χ3v) is 5.42. The average Bonchev–Trinajstić information content (AvgIpc) is 2.92. The molecule has 1 aliphatic rings. The number of aryl methyl sites for hydroxylation is 2. The Bertz CT molecular complexity index is 625. The molecule has 1 aromatic carbocycles. The monoisotopic (exact) mass is 302 g/mol. The summed E-state index contributed by atoms with van der Waals surface area (Å²) in [5.41, 5.74) is 1.63. The lowest BCUT2D eigenvalue weighted by Gasteiger charge is -2.35. The van der Waals surface area contributed by atoms with Crippen molar-refractivity contribution in [1.82, 2.24) is 10.3 Å². The molecule has 2 unspecified atom stereocenters. The summed E-state index contributed by atoms with van der Waals surface area (Å²) < 4.78 is 0. The summed E-state index contributed by atoms with van der Waals surface area (Å²) in [5, 5.41) is 15.6. The molecule has 0 radical (unpaired) electrons. The second-order valence-corrected chi connectivity index (χ2v) is 7.19. The molecule has 0 spiro atoms. The van der Waals surface area contributed by atoms with Crippen LogP contribution in [0.5, 0.6) is 0 Å². The van der Waals surface area contributed by atoms with Crippen molar-refractivity contribution in [2.75, 3.05) is 6.54 Å². The molecule has 2 atom stereocenters. The van der Waals surface area contributed by atoms with Crippen molar-refractivity contribution in [2.24, 2.45) is 0 Å². The summed E-state index contributed by atoms with van der Waals surface area (Å²) in [4.78, 5) is 5.52. The number of aromatic nitrogens is 1. The molecule has 1 heterocycles. The maximum atomic E-state index is 11.0. The Hall–Kier alpha value is -1.23. The lowest BCUT2D eigenvalue weighted by Crippen LogP contribution is -2.41. The first-order valence-electron chi connectivity index (χ1n) is 7.55. The molecule has 3 rings (SSSR count). The minimum Gasteiger partial charge on any atom is -0.384 e. The van der Waals surface area contributed by atoms with Gasteiger partial charge in [0.2, 0.25) is 0 Å². The Labute approximate surface area is 130 Å². The van der Waals surface area contributed by atoms with E-state index in [0.29, 0.717) is 6.54 Å². The molecule has 0 saturated carbocycles. The topological polar surface area (TPSA) is 45.2 Å². The number of thiazole rings is 1. The van der Waals surface area contributed by atoms with Gasteiger partial charge in [0.15, 0.2) is 0 Å². The van der Waals surface area contributed by atoms with Crippen LogP contribution in [0.2, 0.25) is 0 Å². The highest BCUT2D eigenvalue weighted by molar-refractivity contribution is 7.11. The number of hydrogen-bond acceptors (Lipinski definition) is 4. The van der Waals surface area contributed by atoms with Gasteiger partial charge >= 0.3 is 0 Å². The van der Waals surface area contributed by atoms with Crippen LogP contribution < -0.4 is 5.32 Å². The van der Waals surface area contributed by atoms with Gasteiger partial charge in [-0.25, -0.2) is 4.98 Å². The van der Waals surface area contributed by atoms with Crippen LogP contribution in [0.1, 0.15) is 46.8 Å². The zero-order chi connectivity index (χ0) is 14.9. The van der Waals surface area contributed by atoms with Crippen LogP contribution >= 0.6 is 11.3 Å². The van der Waals surface area contributed by atoms with Crippen molar-refractivity contribution < 1.29 is 5.11 Å². The molecule has 112 valence electrons. The van der Waals surface area contributed by atoms with Crippen LogP contribution in [0.15, 0.2) is 30.5 Å². The fourth-order valence-electron chi connectivity index (χ4n) is 3.08. The highest BCUT2D eigenvalue weighted by Gasteiger charge is 2.34. The SMILES string of the molecule is Cc1ncc(C(C)NCC2(O)CCCc3ccccc32)s1. The predicted molar refractivity (Wildman–Crippen MR) is 86.5 cm³/mol. The van der Waals surface area contributed by atoms with Gasteiger partial charge in [-0.2, -0.15) is 0 Å². The highest BCUT2D eigenvalue weighted by atomic mass is 32.1. The van der Waals surface area contributed by atoms with E-state index in [-0.39, 0.29) is 6.04 Å². The van der Waals surface area contributed by atoms with Crippen molar-refractivity contribution in [3.63, 3.8) is 0 Å². The van der Waals surface area contributed by atoms with Gasteiger partial charge in [-0.1, -0.05) is 24.3 Å². The number of fused-ring (bicyclic) bond motifs is 1. The summed E-state index contributed by atoms with van der Waals surface area (Å²) in [7, 11) is 0. The van der Waals surface area contributed by atoms with Crippen LogP contribution in [-0.4, -0.2) is 16.6 Å². The van der Waals surface area contributed by atoms with E-state index < -0.39 is 5.60 Å². The molecule has 0 bridgehead atoms. The van der Waals surface area contributed by atoms with Crippen LogP contribution in [-0.2, 0) is 12.0 Å². The van der Waals surface area contributed by atoms with Crippen molar-refractivity contribution in [1.29, 1.82) is 0 Å². The van der Waals surface area contributed by atoms with Gasteiger partial charge in [-0.05, 0) is 44.2 Å². The van der Waals surface area contributed by atoms with Gasteiger partial charge in [0, 0.05) is 23.7 Å². The largest absolute Gasteiger partial charge is 0.384 e. The smallest absolute Gasteiger partial charge is 0.102 e. The Kier molecular flexibility index (Phi) is 4.11. The third-order valence-electron chi connectivity index (χ3n) is 4.32. The van der Waals surface area contributed by atoms with Crippen LogP contribution in [0.25, 0.3) is 0 Å². The van der Waals surface area contributed by atoms with E-state index in [1.165, 1.54) is 10.4 Å². The predicted octanol–water partition coefficient (Wildman–Crippen LogP) is 3.33. The van der Waals surface area contributed by atoms with Crippen molar-refractivity contribution >= 4 is 11.3 Å². The fourth-order valence-corrected chi connectivity index (χ4v) is 3.89. The Morgan fingerprint density at radius 2 is 2.24 bits per heavy atom. The zero-order valence-electron chi connectivity index (χ0n) is 12.6. The molecule has 0 saturated heterocycles. The van der Waals surface area contributed by atoms with Crippen LogP contribution in [0.4, 0.5) is 0 Å². The molecule has 0 fully saturated rings. The van der Waals surface area contributed by atoms with Crippen molar-refractivity contribution in [3.05, 3.63) is 51.5 Å². The molecule has 0 aliphatic heterocycles. The number of rotatable bonds is 4. The second kappa shape index (κ2) is 5.87. The number of benzene rings is 1. The van der Waals surface area contributed by atoms with Gasteiger partial charge in [0.25, 0.3) is 0 Å². The van der Waals surface area contributed by atoms with Gasteiger partial charge in [0.05, 0.1) is 5.01 Å². The zero-order valence-corrected chi connectivity index (χ0v) is 13.4. The number of hydrogen-bond donors (Lipinski definition) is 2. The standard InChI is InChI=1S/C17H22N2OS/c1-12(16-10-18-13(2)21-16)19-11-17(20)9-5-7-14-6-3-4-8-15(14)17/h3-4,6,8,10,12,19-20H,5,7,9,11H2,1-2H3. The molecule has 1 aromatic heterocycles. The first kappa shape index (κ1) is 14.7. The molecule has 21 heavy (non-hydrogen) atoms. The number of nitrogens with zero attached hydrogens (tertiary/aromatic N) is 1. The number of aliphatic hydroxyl groups is 1. The maximum Gasteiger partial charge on any atom is 0.102 e. The Morgan fingerprint density at radius 1 is 1.43 bits per heavy atom. The Morgan fingerprint density at radius 3 is 3.00 bits per heavy atom.